The molecule has 0 saturated heterocycles. The van der Waals surface area contributed by atoms with Gasteiger partial charge >= 0.3 is 0 Å². The van der Waals surface area contributed by atoms with E-state index in [1.165, 1.54) is 5.56 Å². The molecule has 0 saturated carbocycles. The number of hydrogen-bond donors (Lipinski definition) is 1. The number of amides is 1. The van der Waals surface area contributed by atoms with Crippen molar-refractivity contribution in [2.75, 3.05) is 11.4 Å². The van der Waals surface area contributed by atoms with Crippen molar-refractivity contribution >= 4 is 11.6 Å². The first-order valence-corrected chi connectivity index (χ1v) is 7.03. The number of anilines is 1. The maximum Gasteiger partial charge on any atom is 0.230 e. The Balaban J connectivity index is 1.91. The summed E-state index contributed by atoms with van der Waals surface area (Å²) in [5.74, 6) is 0.409. The highest BCUT2D eigenvalue weighted by molar-refractivity contribution is 5.96. The van der Waals surface area contributed by atoms with Gasteiger partial charge < -0.3 is 10.2 Å². The van der Waals surface area contributed by atoms with Crippen LogP contribution in [0.15, 0.2) is 36.4 Å². The number of carbonyl (C=O) groups is 1. The van der Waals surface area contributed by atoms with Crippen molar-refractivity contribution in [3.05, 3.63) is 42.0 Å². The molecule has 0 spiro atoms. The minimum Gasteiger partial charge on any atom is -0.310 e. The number of hydrogen-bond acceptors (Lipinski definition) is 2. The van der Waals surface area contributed by atoms with Gasteiger partial charge in [0.05, 0.1) is 0 Å². The van der Waals surface area contributed by atoms with Gasteiger partial charge in [-0.3, -0.25) is 4.79 Å². The van der Waals surface area contributed by atoms with Gasteiger partial charge in [0.25, 0.3) is 0 Å². The first-order valence-electron chi connectivity index (χ1n) is 7.03. The summed E-state index contributed by atoms with van der Waals surface area (Å²) >= 11 is 0. The van der Waals surface area contributed by atoms with E-state index in [9.17, 15) is 4.79 Å². The van der Waals surface area contributed by atoms with Gasteiger partial charge in [-0.1, -0.05) is 30.4 Å². The number of benzene rings is 1. The molecule has 1 aliphatic carbocycles. The van der Waals surface area contributed by atoms with Gasteiger partial charge in [0.15, 0.2) is 0 Å². The van der Waals surface area contributed by atoms with Gasteiger partial charge in [-0.25, -0.2) is 0 Å². The first-order chi connectivity index (χ1) is 9.25. The molecule has 1 aromatic carbocycles. The lowest BCUT2D eigenvalue weighted by Crippen LogP contribution is -2.42. The molecule has 19 heavy (non-hydrogen) atoms. The van der Waals surface area contributed by atoms with E-state index in [0.29, 0.717) is 6.04 Å². The lowest BCUT2D eigenvalue weighted by Gasteiger charge is -2.27. The van der Waals surface area contributed by atoms with Crippen LogP contribution in [0.3, 0.4) is 0 Å². The van der Waals surface area contributed by atoms with Gasteiger partial charge in [-0.05, 0) is 31.4 Å². The molecule has 2 aliphatic rings. The SMILES string of the molecule is CC1CN(C(=O)C2CC=CC2)c2ccccc2CN1. The van der Waals surface area contributed by atoms with E-state index in [2.05, 4.69) is 36.5 Å². The summed E-state index contributed by atoms with van der Waals surface area (Å²) in [4.78, 5) is 14.7. The third-order valence-corrected chi connectivity index (χ3v) is 4.00. The maximum atomic E-state index is 12.7. The highest BCUT2D eigenvalue weighted by Gasteiger charge is 2.29. The average Bonchev–Trinajstić information content (AvgIpc) is 2.91. The van der Waals surface area contributed by atoms with Crippen LogP contribution in [-0.2, 0) is 11.3 Å². The zero-order valence-electron chi connectivity index (χ0n) is 11.3. The third-order valence-electron chi connectivity index (χ3n) is 4.00. The molecule has 0 bridgehead atoms. The van der Waals surface area contributed by atoms with Crippen LogP contribution in [0.4, 0.5) is 5.69 Å². The van der Waals surface area contributed by atoms with Crippen LogP contribution in [0, 0.1) is 5.92 Å². The molecule has 1 unspecified atom stereocenters. The van der Waals surface area contributed by atoms with E-state index in [1.807, 2.05) is 17.0 Å². The van der Waals surface area contributed by atoms with Crippen molar-refractivity contribution < 1.29 is 4.79 Å². The number of rotatable bonds is 1. The molecule has 0 radical (unpaired) electrons. The molecule has 3 rings (SSSR count). The van der Waals surface area contributed by atoms with E-state index in [-0.39, 0.29) is 11.8 Å². The minimum atomic E-state index is 0.137. The number of fused-ring (bicyclic) bond motifs is 1. The van der Waals surface area contributed by atoms with Gasteiger partial charge in [-0.15, -0.1) is 0 Å². The Labute approximate surface area is 114 Å². The number of nitrogens with zero attached hydrogens (tertiary/aromatic N) is 1. The van der Waals surface area contributed by atoms with Crippen LogP contribution in [0.5, 0.6) is 0 Å². The summed E-state index contributed by atoms with van der Waals surface area (Å²) in [5, 5.41) is 3.47. The molecule has 1 aliphatic heterocycles. The molecule has 3 nitrogen and oxygen atoms in total. The van der Waals surface area contributed by atoms with Crippen molar-refractivity contribution in [3.8, 4) is 0 Å². The summed E-state index contributed by atoms with van der Waals surface area (Å²) in [6, 6.07) is 8.55. The quantitative estimate of drug-likeness (QED) is 0.783. The highest BCUT2D eigenvalue weighted by atomic mass is 16.2. The smallest absolute Gasteiger partial charge is 0.230 e. The highest BCUT2D eigenvalue weighted by Crippen LogP contribution is 2.28. The predicted molar refractivity (Wildman–Crippen MR) is 77.0 cm³/mol. The van der Waals surface area contributed by atoms with Crippen LogP contribution in [0.1, 0.15) is 25.3 Å². The predicted octanol–water partition coefficient (Wildman–Crippen LogP) is 2.48. The molecule has 0 aromatic heterocycles. The lowest BCUT2D eigenvalue weighted by atomic mass is 10.0. The van der Waals surface area contributed by atoms with Crippen molar-refractivity contribution in [2.45, 2.75) is 32.4 Å². The van der Waals surface area contributed by atoms with E-state index in [4.69, 9.17) is 0 Å². The standard InChI is InChI=1S/C16H20N2O/c1-12-11-18(16(19)13-6-2-3-7-13)15-9-5-4-8-14(15)10-17-12/h2-5,8-9,12-13,17H,6-7,10-11H2,1H3. The Morgan fingerprint density at radius 2 is 2.00 bits per heavy atom. The molecule has 3 heteroatoms. The third kappa shape index (κ3) is 2.43. The van der Waals surface area contributed by atoms with Crippen LogP contribution in [0.25, 0.3) is 0 Å². The van der Waals surface area contributed by atoms with Crippen LogP contribution in [-0.4, -0.2) is 18.5 Å². The van der Waals surface area contributed by atoms with Gasteiger partial charge in [0.2, 0.25) is 5.91 Å². The monoisotopic (exact) mass is 256 g/mol. The van der Waals surface area contributed by atoms with Gasteiger partial charge in [0.1, 0.15) is 0 Å². The molecule has 0 fully saturated rings. The first kappa shape index (κ1) is 12.4. The second-order valence-corrected chi connectivity index (χ2v) is 5.50. The minimum absolute atomic E-state index is 0.137. The summed E-state index contributed by atoms with van der Waals surface area (Å²) < 4.78 is 0. The fourth-order valence-corrected chi connectivity index (χ4v) is 2.89. The molecule has 1 atom stereocenters. The Bertz CT molecular complexity index is 501. The van der Waals surface area contributed by atoms with Crippen LogP contribution < -0.4 is 10.2 Å². The fraction of sp³-hybridized carbons (Fsp3) is 0.438. The molecular weight excluding hydrogens is 236 g/mol. The van der Waals surface area contributed by atoms with E-state index in [0.717, 1.165) is 31.6 Å². The van der Waals surface area contributed by atoms with E-state index >= 15 is 0 Å². The Morgan fingerprint density at radius 1 is 1.26 bits per heavy atom. The van der Waals surface area contributed by atoms with Crippen molar-refractivity contribution in [1.82, 2.24) is 5.32 Å². The second kappa shape index (κ2) is 5.17. The normalized spacial score (nSPS) is 23.2. The van der Waals surface area contributed by atoms with E-state index in [1.54, 1.807) is 0 Å². The summed E-state index contributed by atoms with van der Waals surface area (Å²) in [7, 11) is 0. The number of allylic oxidation sites excluding steroid dienone is 2. The average molecular weight is 256 g/mol. The number of para-hydroxylation sites is 1. The van der Waals surface area contributed by atoms with Crippen LogP contribution >= 0.6 is 0 Å². The van der Waals surface area contributed by atoms with Crippen molar-refractivity contribution in [3.63, 3.8) is 0 Å². The van der Waals surface area contributed by atoms with E-state index < -0.39 is 0 Å². The number of nitrogens with one attached hydrogen (secondary N) is 1. The van der Waals surface area contributed by atoms with Gasteiger partial charge in [0, 0.05) is 30.7 Å². The largest absolute Gasteiger partial charge is 0.310 e. The van der Waals surface area contributed by atoms with Crippen LogP contribution in [0.2, 0.25) is 0 Å². The molecule has 1 amide bonds. The molecule has 100 valence electrons. The van der Waals surface area contributed by atoms with Crippen molar-refractivity contribution in [1.29, 1.82) is 0 Å². The molecule has 1 heterocycles. The molecule has 1 N–H and O–H groups in total. The van der Waals surface area contributed by atoms with Gasteiger partial charge in [-0.2, -0.15) is 0 Å². The summed E-state index contributed by atoms with van der Waals surface area (Å²) in [5.41, 5.74) is 2.29. The molecular formula is C16H20N2O. The number of carbonyl (C=O) groups excluding carboxylic acids is 1. The van der Waals surface area contributed by atoms with Crippen molar-refractivity contribution in [2.24, 2.45) is 5.92 Å². The second-order valence-electron chi connectivity index (χ2n) is 5.50. The summed E-state index contributed by atoms with van der Waals surface area (Å²) in [6.45, 7) is 3.73. The Hall–Kier alpha value is -1.61. The topological polar surface area (TPSA) is 32.3 Å². The Morgan fingerprint density at radius 3 is 2.79 bits per heavy atom. The zero-order chi connectivity index (χ0) is 13.2. The lowest BCUT2D eigenvalue weighted by molar-refractivity contribution is -0.122. The molecule has 1 aromatic rings. The fourth-order valence-electron chi connectivity index (χ4n) is 2.89. The maximum absolute atomic E-state index is 12.7. The zero-order valence-corrected chi connectivity index (χ0v) is 11.3. The summed E-state index contributed by atoms with van der Waals surface area (Å²) in [6.07, 6.45) is 6.01. The Kier molecular flexibility index (Phi) is 3.38.